The molecule has 0 spiro atoms. The normalized spacial score (nSPS) is 14.3. The van der Waals surface area contributed by atoms with E-state index in [1.54, 1.807) is 24.7 Å². The van der Waals surface area contributed by atoms with Crippen molar-refractivity contribution >= 4 is 28.1 Å². The van der Waals surface area contributed by atoms with Gasteiger partial charge in [-0.05, 0) is 58.9 Å². The van der Waals surface area contributed by atoms with Gasteiger partial charge in [0.25, 0.3) is 0 Å². The summed E-state index contributed by atoms with van der Waals surface area (Å²) < 4.78 is 0. The molecule has 0 amide bonds. The lowest BCUT2D eigenvalue weighted by Crippen LogP contribution is -2.31. The van der Waals surface area contributed by atoms with E-state index in [4.69, 9.17) is 4.98 Å². The van der Waals surface area contributed by atoms with Crippen molar-refractivity contribution in [2.24, 2.45) is 0 Å². The molecule has 0 radical (unpaired) electrons. The highest BCUT2D eigenvalue weighted by Gasteiger charge is 2.37. The number of nitrogens with zero attached hydrogens (tertiary/aromatic N) is 4. The lowest BCUT2D eigenvalue weighted by molar-refractivity contribution is 0.479. The van der Waals surface area contributed by atoms with E-state index < -0.39 is 0 Å². The summed E-state index contributed by atoms with van der Waals surface area (Å²) in [5, 5.41) is 11.7. The first-order chi connectivity index (χ1) is 18.1. The molecule has 1 aliphatic rings. The second-order valence-corrected chi connectivity index (χ2v) is 11.8. The van der Waals surface area contributed by atoms with Crippen molar-refractivity contribution < 1.29 is 5.11 Å². The van der Waals surface area contributed by atoms with Gasteiger partial charge in [0.1, 0.15) is 11.3 Å². The molecule has 6 rings (SSSR count). The fraction of sp³-hybridized carbons (Fsp3) is 0.242. The van der Waals surface area contributed by atoms with Gasteiger partial charge in [-0.2, -0.15) is 0 Å². The molecule has 3 heterocycles. The standard InChI is InChI=1S/C33H32N4O/c1-20-7-10-24-27(17-20)37(30-19-34-15-16-35-30)28-18-21(8-11-25(28)33(24,5)6)26-13-9-22-23(32(2,3)4)12-14-29(38)31(22)36-26/h7-19,38H,1-6H3. The van der Waals surface area contributed by atoms with Crippen LogP contribution in [0.1, 0.15) is 56.9 Å². The Morgan fingerprint density at radius 2 is 1.58 bits per heavy atom. The smallest absolute Gasteiger partial charge is 0.156 e. The van der Waals surface area contributed by atoms with E-state index in [-0.39, 0.29) is 16.6 Å². The molecule has 1 N–H and O–H groups in total. The molecule has 0 fully saturated rings. The summed E-state index contributed by atoms with van der Waals surface area (Å²) >= 11 is 0. The zero-order chi connectivity index (χ0) is 26.8. The van der Waals surface area contributed by atoms with Crippen LogP contribution < -0.4 is 4.90 Å². The maximum absolute atomic E-state index is 10.7. The molecule has 0 saturated carbocycles. The minimum Gasteiger partial charge on any atom is -0.506 e. The third-order valence-electron chi connectivity index (χ3n) is 7.70. The van der Waals surface area contributed by atoms with Gasteiger partial charge in [-0.25, -0.2) is 9.97 Å². The van der Waals surface area contributed by atoms with Crippen LogP contribution >= 0.6 is 0 Å². The molecular weight excluding hydrogens is 468 g/mol. The number of hydrogen-bond donors (Lipinski definition) is 1. The molecule has 1 aliphatic heterocycles. The summed E-state index contributed by atoms with van der Waals surface area (Å²) in [5.41, 5.74) is 9.13. The number of pyridine rings is 1. The van der Waals surface area contributed by atoms with Gasteiger partial charge in [-0.1, -0.05) is 71.0 Å². The van der Waals surface area contributed by atoms with Crippen molar-refractivity contribution in [2.75, 3.05) is 4.90 Å². The molecule has 190 valence electrons. The summed E-state index contributed by atoms with van der Waals surface area (Å²) in [6.07, 6.45) is 5.24. The minimum atomic E-state index is -0.202. The van der Waals surface area contributed by atoms with Crippen molar-refractivity contribution in [3.63, 3.8) is 0 Å². The Hall–Kier alpha value is -4.25. The van der Waals surface area contributed by atoms with E-state index in [0.29, 0.717) is 5.52 Å². The lowest BCUT2D eigenvalue weighted by Gasteiger charge is -2.41. The lowest BCUT2D eigenvalue weighted by atomic mass is 9.73. The van der Waals surface area contributed by atoms with E-state index in [1.807, 2.05) is 6.07 Å². The number of aryl methyl sites for hydroxylation is 1. The number of phenols is 1. The first kappa shape index (κ1) is 24.1. The molecule has 0 atom stereocenters. The van der Waals surface area contributed by atoms with E-state index in [1.165, 1.54) is 16.7 Å². The zero-order valence-electron chi connectivity index (χ0n) is 22.7. The highest BCUT2D eigenvalue weighted by atomic mass is 16.3. The van der Waals surface area contributed by atoms with Crippen LogP contribution in [0.15, 0.2) is 79.3 Å². The molecule has 0 saturated heterocycles. The van der Waals surface area contributed by atoms with Crippen LogP contribution in [0.4, 0.5) is 17.2 Å². The predicted molar refractivity (Wildman–Crippen MR) is 155 cm³/mol. The van der Waals surface area contributed by atoms with Crippen molar-refractivity contribution in [1.29, 1.82) is 0 Å². The van der Waals surface area contributed by atoms with Crippen LogP contribution in [0, 0.1) is 6.92 Å². The third-order valence-corrected chi connectivity index (χ3v) is 7.70. The van der Waals surface area contributed by atoms with Gasteiger partial charge >= 0.3 is 0 Å². The Labute approximate surface area is 223 Å². The highest BCUT2D eigenvalue weighted by molar-refractivity contribution is 5.91. The number of phenolic OH excluding ortho intramolecular Hbond substituents is 1. The summed E-state index contributed by atoms with van der Waals surface area (Å²) in [7, 11) is 0. The van der Waals surface area contributed by atoms with Crippen LogP contribution in [-0.4, -0.2) is 20.1 Å². The van der Waals surface area contributed by atoms with Gasteiger partial charge in [0.05, 0.1) is 23.3 Å². The quantitative estimate of drug-likeness (QED) is 0.265. The Morgan fingerprint density at radius 3 is 2.29 bits per heavy atom. The maximum Gasteiger partial charge on any atom is 0.156 e. The summed E-state index contributed by atoms with van der Waals surface area (Å²) in [6.45, 7) is 13.2. The second kappa shape index (κ2) is 8.38. The average molecular weight is 501 g/mol. The van der Waals surface area contributed by atoms with Crippen molar-refractivity contribution in [3.8, 4) is 17.0 Å². The number of benzene rings is 3. The summed E-state index contributed by atoms with van der Waals surface area (Å²) in [5.74, 6) is 0.965. The van der Waals surface area contributed by atoms with Crippen molar-refractivity contribution in [2.45, 2.75) is 52.4 Å². The minimum absolute atomic E-state index is 0.0602. The SMILES string of the molecule is Cc1ccc2c(c1)N(c1cnccn1)c1cc(-c3ccc4c(C(C)(C)C)ccc(O)c4n3)ccc1C2(C)C. The predicted octanol–water partition coefficient (Wildman–Crippen LogP) is 8.11. The van der Waals surface area contributed by atoms with Crippen LogP contribution in [-0.2, 0) is 10.8 Å². The molecule has 5 heteroatoms. The van der Waals surface area contributed by atoms with Gasteiger partial charge in [0.15, 0.2) is 5.82 Å². The number of hydrogen-bond acceptors (Lipinski definition) is 5. The van der Waals surface area contributed by atoms with E-state index in [0.717, 1.165) is 39.4 Å². The number of anilines is 3. The molecule has 3 aromatic carbocycles. The fourth-order valence-corrected chi connectivity index (χ4v) is 5.71. The van der Waals surface area contributed by atoms with Gasteiger partial charge in [0, 0.05) is 28.8 Å². The van der Waals surface area contributed by atoms with Crippen LogP contribution in [0.25, 0.3) is 22.2 Å². The number of aromatic hydroxyl groups is 1. The van der Waals surface area contributed by atoms with Crippen LogP contribution in [0.2, 0.25) is 0 Å². The second-order valence-electron chi connectivity index (χ2n) is 11.8. The average Bonchev–Trinajstić information content (AvgIpc) is 2.88. The monoisotopic (exact) mass is 500 g/mol. The summed E-state index contributed by atoms with van der Waals surface area (Å²) in [6, 6.07) is 21.0. The molecule has 2 aromatic heterocycles. The molecule has 5 aromatic rings. The van der Waals surface area contributed by atoms with Gasteiger partial charge in [0.2, 0.25) is 0 Å². The Morgan fingerprint density at radius 1 is 0.842 bits per heavy atom. The molecule has 0 unspecified atom stereocenters. The number of rotatable bonds is 2. The van der Waals surface area contributed by atoms with Crippen molar-refractivity contribution in [3.05, 3.63) is 102 Å². The molecule has 5 nitrogen and oxygen atoms in total. The Bertz CT molecular complexity index is 1700. The van der Waals surface area contributed by atoms with E-state index in [2.05, 4.69) is 105 Å². The Kier molecular flexibility index (Phi) is 5.32. The topological polar surface area (TPSA) is 62.1 Å². The zero-order valence-corrected chi connectivity index (χ0v) is 22.7. The number of aromatic nitrogens is 3. The van der Waals surface area contributed by atoms with E-state index >= 15 is 0 Å². The molecule has 0 bridgehead atoms. The third kappa shape index (κ3) is 3.73. The van der Waals surface area contributed by atoms with E-state index in [9.17, 15) is 5.11 Å². The molecular formula is C33H32N4O. The van der Waals surface area contributed by atoms with Gasteiger partial charge < -0.3 is 5.11 Å². The fourth-order valence-electron chi connectivity index (χ4n) is 5.71. The van der Waals surface area contributed by atoms with Crippen LogP contribution in [0.5, 0.6) is 5.75 Å². The number of fused-ring (bicyclic) bond motifs is 3. The van der Waals surface area contributed by atoms with Crippen LogP contribution in [0.3, 0.4) is 0 Å². The highest BCUT2D eigenvalue weighted by Crippen LogP contribution is 2.52. The first-order valence-electron chi connectivity index (χ1n) is 13.0. The Balaban J connectivity index is 1.58. The van der Waals surface area contributed by atoms with Gasteiger partial charge in [-0.15, -0.1) is 0 Å². The largest absolute Gasteiger partial charge is 0.506 e. The molecule has 38 heavy (non-hydrogen) atoms. The first-order valence-corrected chi connectivity index (χ1v) is 13.0. The van der Waals surface area contributed by atoms with Crippen molar-refractivity contribution in [1.82, 2.24) is 15.0 Å². The van der Waals surface area contributed by atoms with Gasteiger partial charge in [-0.3, -0.25) is 9.88 Å². The molecule has 0 aliphatic carbocycles. The summed E-state index contributed by atoms with van der Waals surface area (Å²) in [4.78, 5) is 16.2. The maximum atomic E-state index is 10.7.